The highest BCUT2D eigenvalue weighted by Crippen LogP contribution is 2.42. The second-order valence-electron chi connectivity index (χ2n) is 23.2. The number of amides is 4. The van der Waals surface area contributed by atoms with Crippen molar-refractivity contribution in [3.8, 4) is 43.4 Å². The fraction of sp³-hybridized carbons (Fsp3) is 0.387. The molecule has 8 aromatic rings. The minimum Gasteiger partial charge on any atom is -0.461 e. The molecule has 5 N–H and O–H groups in total. The summed E-state index contributed by atoms with van der Waals surface area (Å²) in [5.41, 5.74) is 1.78. The van der Waals surface area contributed by atoms with Crippen LogP contribution in [0, 0.1) is 5.92 Å². The molecule has 4 amide bonds. The first kappa shape index (κ1) is 67.4. The minimum atomic E-state index is -3.28. The van der Waals surface area contributed by atoms with Crippen molar-refractivity contribution in [2.45, 2.75) is 137 Å². The third-order valence-electron chi connectivity index (χ3n) is 13.7. The summed E-state index contributed by atoms with van der Waals surface area (Å²) in [5.74, 6) is -3.08. The van der Waals surface area contributed by atoms with Gasteiger partial charge in [-0.1, -0.05) is 95.3 Å². The van der Waals surface area contributed by atoms with Crippen LogP contribution in [0.2, 0.25) is 5.04 Å². The fourth-order valence-electron chi connectivity index (χ4n) is 9.58. The zero-order valence-corrected chi connectivity index (χ0v) is 56.6. The summed E-state index contributed by atoms with van der Waals surface area (Å²) in [6.45, 7) is 23.8. The predicted molar refractivity (Wildman–Crippen MR) is 349 cm³/mol. The maximum Gasteiger partial charge on any atom is 0.408 e. The van der Waals surface area contributed by atoms with Gasteiger partial charge in [-0.25, -0.2) is 39.5 Å². The number of thiazole rings is 5. The van der Waals surface area contributed by atoms with E-state index < -0.39 is 91.1 Å². The molecule has 0 aliphatic carbocycles. The summed E-state index contributed by atoms with van der Waals surface area (Å²) in [6.07, 6.45) is -3.25. The number of aromatic nitrogens is 6. The van der Waals surface area contributed by atoms with Crippen molar-refractivity contribution < 1.29 is 52.5 Å². The number of carbonyl (C=O) groups excluding carboxylic acids is 6. The molecule has 6 aromatic heterocycles. The van der Waals surface area contributed by atoms with Crippen LogP contribution in [0.25, 0.3) is 43.4 Å². The minimum absolute atomic E-state index is 0.00880. The summed E-state index contributed by atoms with van der Waals surface area (Å²) in [5, 5.41) is 34.3. The maximum atomic E-state index is 14.9. The number of aliphatic hydroxyl groups is 1. The molecule has 27 heteroatoms. The van der Waals surface area contributed by atoms with Crippen LogP contribution in [0.1, 0.15) is 144 Å². The number of alkyl carbamates (subject to hydrolysis) is 1. The summed E-state index contributed by atoms with van der Waals surface area (Å²) < 4.78 is 23.7. The summed E-state index contributed by atoms with van der Waals surface area (Å²) in [6, 6.07) is 21.2. The van der Waals surface area contributed by atoms with E-state index in [1.165, 1.54) is 64.6 Å². The number of pyridine rings is 1. The van der Waals surface area contributed by atoms with E-state index in [0.717, 1.165) is 21.7 Å². The van der Waals surface area contributed by atoms with Gasteiger partial charge in [0, 0.05) is 39.4 Å². The van der Waals surface area contributed by atoms with E-state index in [1.807, 2.05) is 68.6 Å². The number of rotatable bonds is 24. The Morgan fingerprint density at radius 1 is 0.607 bits per heavy atom. The number of benzene rings is 2. The van der Waals surface area contributed by atoms with Gasteiger partial charge in [-0.2, -0.15) is 0 Å². The van der Waals surface area contributed by atoms with Crippen LogP contribution >= 0.6 is 56.7 Å². The third-order valence-corrected chi connectivity index (χ3v) is 23.3. The van der Waals surface area contributed by atoms with Crippen LogP contribution in [-0.4, -0.2) is 122 Å². The second-order valence-corrected chi connectivity index (χ2v) is 31.8. The number of nitrogens with zero attached hydrogens (tertiary/aromatic N) is 6. The predicted octanol–water partition coefficient (Wildman–Crippen LogP) is 10.4. The van der Waals surface area contributed by atoms with E-state index in [-0.39, 0.29) is 36.2 Å². The van der Waals surface area contributed by atoms with Gasteiger partial charge in [0.25, 0.3) is 20.1 Å². The van der Waals surface area contributed by atoms with Crippen molar-refractivity contribution in [3.05, 3.63) is 127 Å². The summed E-state index contributed by atoms with van der Waals surface area (Å²) in [4.78, 5) is 108. The molecule has 0 fully saturated rings. The fourth-order valence-corrected chi connectivity index (χ4v) is 18.7. The zero-order chi connectivity index (χ0) is 64.5. The second kappa shape index (κ2) is 29.0. The third kappa shape index (κ3) is 16.5. The molecule has 6 atom stereocenters. The lowest BCUT2D eigenvalue weighted by molar-refractivity contribution is -0.146. The zero-order valence-electron chi connectivity index (χ0n) is 51.5. The normalized spacial score (nSPS) is 14.0. The largest absolute Gasteiger partial charge is 0.461 e. The number of carbonyl (C=O) groups is 6. The van der Waals surface area contributed by atoms with Crippen molar-refractivity contribution in [2.75, 3.05) is 13.2 Å². The first-order valence-corrected chi connectivity index (χ1v) is 35.0. The number of esters is 2. The molecule has 0 saturated carbocycles. The molecule has 0 unspecified atom stereocenters. The van der Waals surface area contributed by atoms with Gasteiger partial charge in [-0.3, -0.25) is 19.2 Å². The average molecular weight is 1320 g/mol. The number of nitrogens with one attached hydrogen (secondary N) is 4. The lowest BCUT2D eigenvalue weighted by Crippen LogP contribution is -2.68. The molecule has 0 spiro atoms. The smallest absolute Gasteiger partial charge is 0.408 e. The Labute approximate surface area is 537 Å². The Morgan fingerprint density at radius 3 is 1.79 bits per heavy atom. The van der Waals surface area contributed by atoms with Gasteiger partial charge in [-0.15, -0.1) is 56.7 Å². The highest BCUT2D eigenvalue weighted by Gasteiger charge is 2.52. The Hall–Kier alpha value is -7.50. The molecule has 0 radical (unpaired) electrons. The van der Waals surface area contributed by atoms with E-state index >= 15 is 0 Å². The number of ether oxygens (including phenoxy) is 3. The van der Waals surface area contributed by atoms with E-state index in [2.05, 4.69) is 71.3 Å². The average Bonchev–Trinajstić information content (AvgIpc) is 1.13. The Balaban J connectivity index is 1.17. The van der Waals surface area contributed by atoms with Crippen molar-refractivity contribution in [3.63, 3.8) is 0 Å². The molecule has 2 aromatic carbocycles. The van der Waals surface area contributed by atoms with Gasteiger partial charge in [0.1, 0.15) is 77.3 Å². The highest BCUT2D eigenvalue weighted by atomic mass is 32.1. The lowest BCUT2D eigenvalue weighted by atomic mass is 10.1. The van der Waals surface area contributed by atoms with E-state index in [1.54, 1.807) is 56.8 Å². The van der Waals surface area contributed by atoms with E-state index in [0.29, 0.717) is 53.4 Å². The summed E-state index contributed by atoms with van der Waals surface area (Å²) in [7, 11) is -3.28. The van der Waals surface area contributed by atoms with Crippen LogP contribution in [0.5, 0.6) is 0 Å². The number of hydrogen-bond acceptors (Lipinski definition) is 22. The molecule has 0 saturated heterocycles. The molecule has 0 aliphatic heterocycles. The molecule has 470 valence electrons. The Morgan fingerprint density at radius 2 is 1.17 bits per heavy atom. The van der Waals surface area contributed by atoms with Gasteiger partial charge >= 0.3 is 18.0 Å². The quantitative estimate of drug-likeness (QED) is 0.0213. The molecule has 0 aliphatic rings. The lowest BCUT2D eigenvalue weighted by Gasteiger charge is -2.45. The molecule has 6 heterocycles. The van der Waals surface area contributed by atoms with Crippen LogP contribution in [0.4, 0.5) is 4.79 Å². The van der Waals surface area contributed by atoms with Crippen LogP contribution in [0.3, 0.4) is 0 Å². The standard InChI is InChI=1S/C62H72N10O11S5Si/c1-14-80-59(78)46-32-84-54(69-46)40-25-26-41(55-68-45(31-86-55)56-66-43(29-85-56)51(75)70-48(35(5)73)53(77)63-27-34(4)81-37(7)74)64-50(40)42-28-87-58(65-42)49(71-52(76)44-30-88-57(67-44)47(33(2)3)72-60(79)82-61(8,9)10)36(6)83-89(62(11,12)13,38-21-17-15-18-22-38)39-23-19-16-20-24-39/h15-26,28-36,47-49,73H,14,27H2,1-13H3,(H,63,77)(H,70,75)(H,71,76)(H,72,79)/t34-,35+,36+,47+,48-,49-/m0/s1. The van der Waals surface area contributed by atoms with Crippen LogP contribution < -0.4 is 31.6 Å². The van der Waals surface area contributed by atoms with Gasteiger partial charge < -0.3 is 45.0 Å². The Bertz CT molecular complexity index is 3740. The number of aliphatic hydroxyl groups excluding tert-OH is 1. The number of hydrogen-bond donors (Lipinski definition) is 5. The van der Waals surface area contributed by atoms with Crippen molar-refractivity contribution >= 4 is 111 Å². The maximum absolute atomic E-state index is 14.9. The van der Waals surface area contributed by atoms with Crippen LogP contribution in [-0.2, 0) is 28.2 Å². The monoisotopic (exact) mass is 1320 g/mol. The topological polar surface area (TPSA) is 285 Å². The molecular weight excluding hydrogens is 1250 g/mol. The molecule has 89 heavy (non-hydrogen) atoms. The molecular formula is C62H72N10O11S5Si. The van der Waals surface area contributed by atoms with Crippen molar-refractivity contribution in [1.82, 2.24) is 51.2 Å². The SMILES string of the molecule is CCOC(=O)c1csc(-c2ccc(-c3nc(-c4nc(C(=O)N[C@H](C(=O)NC[C@H](C)OC(C)=O)[C@@H](C)O)cs4)cs3)nc2-c2csc([C@@H](NC(=O)c3csc([C@H](NC(=O)OC(C)(C)C)C(C)C)n3)[C@@H](C)O[Si](c3ccccc3)(c3ccccc3)C(C)(C)C)n2)n1. The molecule has 0 bridgehead atoms. The van der Waals surface area contributed by atoms with Crippen molar-refractivity contribution in [2.24, 2.45) is 5.92 Å². The summed E-state index contributed by atoms with van der Waals surface area (Å²) >= 11 is 6.23. The first-order chi connectivity index (χ1) is 42.2. The van der Waals surface area contributed by atoms with Crippen molar-refractivity contribution in [1.29, 1.82) is 0 Å². The van der Waals surface area contributed by atoms with E-state index in [9.17, 15) is 33.9 Å². The first-order valence-electron chi connectivity index (χ1n) is 28.7. The van der Waals surface area contributed by atoms with Gasteiger partial charge in [0.2, 0.25) is 5.91 Å². The van der Waals surface area contributed by atoms with E-state index in [4.69, 9.17) is 43.6 Å². The van der Waals surface area contributed by atoms with Gasteiger partial charge in [0.15, 0.2) is 5.69 Å². The molecule has 8 rings (SSSR count). The molecule has 21 nitrogen and oxygen atoms in total. The Kier molecular flexibility index (Phi) is 22.0. The van der Waals surface area contributed by atoms with Gasteiger partial charge in [0.05, 0.1) is 37.1 Å². The highest BCUT2D eigenvalue weighted by molar-refractivity contribution is 7.15. The van der Waals surface area contributed by atoms with Crippen LogP contribution in [0.15, 0.2) is 99.7 Å². The van der Waals surface area contributed by atoms with Gasteiger partial charge in [-0.05, 0) is 81.9 Å².